The van der Waals surface area contributed by atoms with Gasteiger partial charge in [0.2, 0.25) is 11.6 Å². The summed E-state index contributed by atoms with van der Waals surface area (Å²) >= 11 is 0. The van der Waals surface area contributed by atoms with Gasteiger partial charge < -0.3 is 14.2 Å². The summed E-state index contributed by atoms with van der Waals surface area (Å²) in [6.07, 6.45) is 4.54. The monoisotopic (exact) mass is 541 g/mol. The summed E-state index contributed by atoms with van der Waals surface area (Å²) in [5.41, 5.74) is 0.711. The number of para-hydroxylation sites is 2. The van der Waals surface area contributed by atoms with Gasteiger partial charge in [-0.3, -0.25) is 4.72 Å². The molecule has 10 nitrogen and oxygen atoms in total. The first-order valence-electron chi connectivity index (χ1n) is 11.7. The van der Waals surface area contributed by atoms with E-state index in [4.69, 9.17) is 14.2 Å². The number of benzene rings is 3. The lowest BCUT2D eigenvalue weighted by Gasteiger charge is -2.16. The second-order valence-electron chi connectivity index (χ2n) is 8.12. The quantitative estimate of drug-likeness (QED) is 0.264. The van der Waals surface area contributed by atoms with Crippen LogP contribution in [-0.2, 0) is 10.0 Å². The van der Waals surface area contributed by atoms with Crippen molar-refractivity contribution >= 4 is 32.7 Å². The van der Waals surface area contributed by atoms with E-state index in [-0.39, 0.29) is 29.1 Å². The first-order chi connectivity index (χ1) is 19.0. The van der Waals surface area contributed by atoms with Crippen LogP contribution in [0.4, 0.5) is 5.82 Å². The molecule has 0 bridgehead atoms. The summed E-state index contributed by atoms with van der Waals surface area (Å²) in [5, 5.41) is 3.10. The SMILES string of the molecule is COc1ccccc1Oc1c(NS(=O)(=O)C=Cc2ccc3ccccc3c2)nc(-c2ncccn2)nc1OC. The molecule has 3 aromatic carbocycles. The molecule has 0 amide bonds. The van der Waals surface area contributed by atoms with Crippen molar-refractivity contribution in [2.75, 3.05) is 18.9 Å². The highest BCUT2D eigenvalue weighted by molar-refractivity contribution is 7.95. The van der Waals surface area contributed by atoms with Crippen LogP contribution in [0.5, 0.6) is 23.1 Å². The molecule has 0 spiro atoms. The van der Waals surface area contributed by atoms with Gasteiger partial charge in [-0.2, -0.15) is 4.98 Å². The Labute approximate surface area is 225 Å². The molecule has 1 N–H and O–H groups in total. The maximum Gasteiger partial charge on any atom is 0.263 e. The van der Waals surface area contributed by atoms with Crippen molar-refractivity contribution in [2.24, 2.45) is 0 Å². The van der Waals surface area contributed by atoms with E-state index in [1.54, 1.807) is 30.3 Å². The Morgan fingerprint density at radius 1 is 0.769 bits per heavy atom. The molecule has 2 aromatic heterocycles. The number of hydrogen-bond donors (Lipinski definition) is 1. The fraction of sp³-hybridized carbons (Fsp3) is 0.0714. The number of fused-ring (bicyclic) bond motifs is 1. The van der Waals surface area contributed by atoms with Crippen molar-refractivity contribution in [1.29, 1.82) is 0 Å². The summed E-state index contributed by atoms with van der Waals surface area (Å²) in [4.78, 5) is 17.0. The Kier molecular flexibility index (Phi) is 7.32. The molecule has 0 radical (unpaired) electrons. The number of hydrogen-bond acceptors (Lipinski definition) is 9. The van der Waals surface area contributed by atoms with Gasteiger partial charge >= 0.3 is 0 Å². The lowest BCUT2D eigenvalue weighted by Crippen LogP contribution is -2.13. The van der Waals surface area contributed by atoms with Crippen molar-refractivity contribution in [1.82, 2.24) is 19.9 Å². The molecule has 5 rings (SSSR count). The predicted octanol–water partition coefficient (Wildman–Crippen LogP) is 5.31. The van der Waals surface area contributed by atoms with Crippen LogP contribution in [-0.4, -0.2) is 42.6 Å². The van der Waals surface area contributed by atoms with Gasteiger partial charge in [0, 0.05) is 12.4 Å². The molecule has 0 atom stereocenters. The van der Waals surface area contributed by atoms with E-state index < -0.39 is 10.0 Å². The van der Waals surface area contributed by atoms with Gasteiger partial charge in [0.15, 0.2) is 23.1 Å². The molecule has 0 aliphatic rings. The lowest BCUT2D eigenvalue weighted by molar-refractivity contribution is 0.348. The molecule has 196 valence electrons. The Balaban J connectivity index is 1.55. The number of nitrogens with zero attached hydrogens (tertiary/aromatic N) is 4. The van der Waals surface area contributed by atoms with Crippen LogP contribution in [0.3, 0.4) is 0 Å². The second kappa shape index (κ2) is 11.2. The molecule has 39 heavy (non-hydrogen) atoms. The van der Waals surface area contributed by atoms with Crippen LogP contribution in [0.1, 0.15) is 5.56 Å². The van der Waals surface area contributed by atoms with Crippen LogP contribution >= 0.6 is 0 Å². The van der Waals surface area contributed by atoms with Gasteiger partial charge in [-0.05, 0) is 46.7 Å². The molecule has 0 aliphatic carbocycles. The zero-order chi connectivity index (χ0) is 27.2. The first-order valence-corrected chi connectivity index (χ1v) is 13.2. The average Bonchev–Trinajstić information content (AvgIpc) is 2.97. The number of rotatable bonds is 9. The predicted molar refractivity (Wildman–Crippen MR) is 148 cm³/mol. The Morgan fingerprint density at radius 2 is 1.49 bits per heavy atom. The van der Waals surface area contributed by atoms with Gasteiger partial charge in [-0.1, -0.05) is 48.5 Å². The topological polar surface area (TPSA) is 125 Å². The largest absolute Gasteiger partial charge is 0.493 e. The number of ether oxygens (including phenoxy) is 3. The number of sulfonamides is 1. The van der Waals surface area contributed by atoms with E-state index in [0.29, 0.717) is 17.1 Å². The van der Waals surface area contributed by atoms with Gasteiger partial charge in [0.25, 0.3) is 15.9 Å². The van der Waals surface area contributed by atoms with Crippen LogP contribution < -0.4 is 18.9 Å². The molecule has 0 saturated carbocycles. The van der Waals surface area contributed by atoms with Gasteiger partial charge in [0.05, 0.1) is 19.6 Å². The van der Waals surface area contributed by atoms with Crippen LogP contribution in [0.25, 0.3) is 28.5 Å². The van der Waals surface area contributed by atoms with E-state index >= 15 is 0 Å². The van der Waals surface area contributed by atoms with Gasteiger partial charge in [-0.25, -0.2) is 23.4 Å². The zero-order valence-electron chi connectivity index (χ0n) is 21.0. The summed E-state index contributed by atoms with van der Waals surface area (Å²) in [6.45, 7) is 0. The minimum atomic E-state index is -4.07. The minimum Gasteiger partial charge on any atom is -0.493 e. The van der Waals surface area contributed by atoms with Crippen LogP contribution in [0.15, 0.2) is 90.6 Å². The first kappa shape index (κ1) is 25.6. The van der Waals surface area contributed by atoms with Crippen molar-refractivity contribution in [3.8, 4) is 34.8 Å². The zero-order valence-corrected chi connectivity index (χ0v) is 21.8. The number of aromatic nitrogens is 4. The van der Waals surface area contributed by atoms with E-state index in [1.807, 2.05) is 42.5 Å². The van der Waals surface area contributed by atoms with Crippen molar-refractivity contribution in [3.05, 3.63) is 96.2 Å². The molecule has 2 heterocycles. The summed E-state index contributed by atoms with van der Waals surface area (Å²) in [7, 11) is -1.20. The third-order valence-corrected chi connectivity index (χ3v) is 6.50. The lowest BCUT2D eigenvalue weighted by atomic mass is 10.1. The number of nitrogens with one attached hydrogen (secondary N) is 1. The average molecular weight is 542 g/mol. The van der Waals surface area contributed by atoms with Crippen molar-refractivity contribution < 1.29 is 22.6 Å². The van der Waals surface area contributed by atoms with Crippen molar-refractivity contribution in [3.63, 3.8) is 0 Å². The second-order valence-corrected chi connectivity index (χ2v) is 9.68. The van der Waals surface area contributed by atoms with Gasteiger partial charge in [0.1, 0.15) is 0 Å². The van der Waals surface area contributed by atoms with Crippen LogP contribution in [0.2, 0.25) is 0 Å². The highest BCUT2D eigenvalue weighted by Crippen LogP contribution is 2.40. The standard InChI is InChI=1S/C28H23N5O5S/c1-36-22-10-5-6-11-23(22)38-24-25(31-27(32-28(24)37-2)26-29-15-7-16-30-26)33-39(34,35)17-14-19-12-13-20-8-3-4-9-21(20)18-19/h3-18H,1-2H3,(H,31,32,33). The normalized spacial score (nSPS) is 11.4. The molecule has 11 heteroatoms. The highest BCUT2D eigenvalue weighted by atomic mass is 32.2. The van der Waals surface area contributed by atoms with E-state index in [2.05, 4.69) is 24.7 Å². The Morgan fingerprint density at radius 3 is 2.23 bits per heavy atom. The smallest absolute Gasteiger partial charge is 0.263 e. The van der Waals surface area contributed by atoms with E-state index in [0.717, 1.165) is 16.2 Å². The van der Waals surface area contributed by atoms with E-state index in [1.165, 1.54) is 32.7 Å². The third-order valence-electron chi connectivity index (χ3n) is 5.53. The summed E-state index contributed by atoms with van der Waals surface area (Å²) < 4.78 is 45.7. The molecular weight excluding hydrogens is 518 g/mol. The van der Waals surface area contributed by atoms with Crippen molar-refractivity contribution in [2.45, 2.75) is 0 Å². The number of methoxy groups -OCH3 is 2. The fourth-order valence-electron chi connectivity index (χ4n) is 3.71. The Hall–Kier alpha value is -5.03. The molecule has 0 aliphatic heterocycles. The molecule has 5 aromatic rings. The highest BCUT2D eigenvalue weighted by Gasteiger charge is 2.23. The van der Waals surface area contributed by atoms with E-state index in [9.17, 15) is 8.42 Å². The maximum absolute atomic E-state index is 13.2. The molecule has 0 saturated heterocycles. The maximum atomic E-state index is 13.2. The molecule has 0 fully saturated rings. The molecular formula is C28H23N5O5S. The molecule has 0 unspecified atom stereocenters. The minimum absolute atomic E-state index is 0.0328. The third kappa shape index (κ3) is 5.94. The fourth-order valence-corrected chi connectivity index (χ4v) is 4.52. The van der Waals surface area contributed by atoms with Gasteiger partial charge in [-0.15, -0.1) is 0 Å². The summed E-state index contributed by atoms with van der Waals surface area (Å²) in [6, 6.07) is 22.0. The summed E-state index contributed by atoms with van der Waals surface area (Å²) in [5.74, 6) is 0.665. The van der Waals surface area contributed by atoms with Crippen LogP contribution in [0, 0.1) is 0 Å². The Bertz CT molecular complexity index is 1760. The number of anilines is 1.